The van der Waals surface area contributed by atoms with Gasteiger partial charge in [-0.15, -0.1) is 0 Å². The minimum Gasteiger partial charge on any atom is -0.393 e. The van der Waals surface area contributed by atoms with Gasteiger partial charge in [-0.1, -0.05) is 44.2 Å². The number of anilines is 1. The fourth-order valence-corrected chi connectivity index (χ4v) is 3.63. The van der Waals surface area contributed by atoms with E-state index in [1.165, 1.54) is 10.8 Å². The SMILES string of the molecule is CC[C@@H](O)C(C)[C@H](OCc1ccccc1)[C@@](O)(CF)c1ccc2c(N)ncnn12. The number of rotatable bonds is 9. The minimum atomic E-state index is -2.04. The molecule has 0 saturated carbocycles. The molecule has 156 valence electrons. The van der Waals surface area contributed by atoms with Crippen molar-refractivity contribution in [2.24, 2.45) is 5.92 Å². The summed E-state index contributed by atoms with van der Waals surface area (Å²) in [4.78, 5) is 3.93. The van der Waals surface area contributed by atoms with E-state index in [0.29, 0.717) is 11.9 Å². The Labute approximate surface area is 169 Å². The largest absolute Gasteiger partial charge is 0.393 e. The van der Waals surface area contributed by atoms with Crippen LogP contribution in [0.2, 0.25) is 0 Å². The highest BCUT2D eigenvalue weighted by Crippen LogP contribution is 2.36. The van der Waals surface area contributed by atoms with Gasteiger partial charge >= 0.3 is 0 Å². The summed E-state index contributed by atoms with van der Waals surface area (Å²) in [5, 5.41) is 26.1. The lowest BCUT2D eigenvalue weighted by Gasteiger charge is -2.38. The first kappa shape index (κ1) is 21.2. The van der Waals surface area contributed by atoms with Gasteiger partial charge in [0.25, 0.3) is 0 Å². The Kier molecular flexibility index (Phi) is 6.46. The maximum absolute atomic E-state index is 14.4. The van der Waals surface area contributed by atoms with E-state index in [-0.39, 0.29) is 18.1 Å². The molecule has 8 heteroatoms. The Bertz CT molecular complexity index is 936. The third-order valence-corrected chi connectivity index (χ3v) is 5.37. The standard InChI is InChI=1S/C21H27FN4O3/c1-3-17(27)14(2)19(29-11-15-7-5-4-6-8-15)21(28,12-22)18-10-9-16-20(23)24-13-25-26(16)18/h4-10,13-14,17,19,27-28H,3,11-12H2,1-2H3,(H2,23,24,25)/t14?,17-,19+,21-/m1/s1. The molecule has 0 aliphatic heterocycles. The summed E-state index contributed by atoms with van der Waals surface area (Å²) in [7, 11) is 0. The van der Waals surface area contributed by atoms with E-state index < -0.39 is 30.4 Å². The molecule has 0 radical (unpaired) electrons. The van der Waals surface area contributed by atoms with Gasteiger partial charge in [-0.25, -0.2) is 13.9 Å². The van der Waals surface area contributed by atoms with Crippen LogP contribution >= 0.6 is 0 Å². The molecule has 29 heavy (non-hydrogen) atoms. The highest BCUT2D eigenvalue weighted by molar-refractivity contribution is 5.65. The summed E-state index contributed by atoms with van der Waals surface area (Å²) in [6.07, 6.45) is -0.121. The number of halogens is 1. The fourth-order valence-electron chi connectivity index (χ4n) is 3.63. The average molecular weight is 402 g/mol. The van der Waals surface area contributed by atoms with Crippen molar-refractivity contribution in [1.82, 2.24) is 14.6 Å². The zero-order valence-electron chi connectivity index (χ0n) is 16.6. The highest BCUT2D eigenvalue weighted by Gasteiger charge is 2.46. The van der Waals surface area contributed by atoms with Crippen molar-refractivity contribution in [2.75, 3.05) is 12.4 Å². The van der Waals surface area contributed by atoms with Crippen LogP contribution in [0.25, 0.3) is 5.52 Å². The molecule has 0 saturated heterocycles. The lowest BCUT2D eigenvalue weighted by molar-refractivity contribution is -0.169. The molecule has 7 nitrogen and oxygen atoms in total. The minimum absolute atomic E-state index is 0.162. The Morgan fingerprint density at radius 2 is 1.97 bits per heavy atom. The Hall–Kier alpha value is -2.55. The zero-order valence-corrected chi connectivity index (χ0v) is 16.6. The number of aliphatic hydroxyl groups is 2. The Balaban J connectivity index is 2.03. The molecule has 2 aromatic heterocycles. The Morgan fingerprint density at radius 3 is 2.62 bits per heavy atom. The normalized spacial score (nSPS) is 17.0. The number of alkyl halides is 1. The number of ether oxygens (including phenoxy) is 1. The van der Waals surface area contributed by atoms with E-state index in [2.05, 4.69) is 10.1 Å². The first-order chi connectivity index (χ1) is 13.9. The van der Waals surface area contributed by atoms with Gasteiger partial charge in [-0.05, 0) is 24.1 Å². The molecular weight excluding hydrogens is 375 g/mol. The topological polar surface area (TPSA) is 106 Å². The third-order valence-electron chi connectivity index (χ3n) is 5.37. The lowest BCUT2D eigenvalue weighted by Crippen LogP contribution is -2.50. The van der Waals surface area contributed by atoms with Crippen LogP contribution in [-0.4, -0.2) is 43.7 Å². The van der Waals surface area contributed by atoms with Crippen LogP contribution in [0.5, 0.6) is 0 Å². The second kappa shape index (κ2) is 8.86. The predicted octanol–water partition coefficient (Wildman–Crippen LogP) is 2.46. The molecular formula is C21H27FN4O3. The highest BCUT2D eigenvalue weighted by atomic mass is 19.1. The van der Waals surface area contributed by atoms with Gasteiger partial charge in [0.1, 0.15) is 18.5 Å². The van der Waals surface area contributed by atoms with E-state index in [9.17, 15) is 14.6 Å². The molecule has 0 bridgehead atoms. The predicted molar refractivity (Wildman–Crippen MR) is 108 cm³/mol. The van der Waals surface area contributed by atoms with E-state index in [1.54, 1.807) is 19.1 Å². The first-order valence-electron chi connectivity index (χ1n) is 9.63. The molecule has 3 aromatic rings. The number of nitrogen functional groups attached to an aromatic ring is 1. The van der Waals surface area contributed by atoms with E-state index in [4.69, 9.17) is 10.5 Å². The molecule has 0 spiro atoms. The monoisotopic (exact) mass is 402 g/mol. The van der Waals surface area contributed by atoms with Gasteiger partial charge in [0.2, 0.25) is 0 Å². The lowest BCUT2D eigenvalue weighted by atomic mass is 9.82. The molecule has 0 aliphatic carbocycles. The van der Waals surface area contributed by atoms with Crippen LogP contribution in [0.1, 0.15) is 31.5 Å². The maximum atomic E-state index is 14.4. The summed E-state index contributed by atoms with van der Waals surface area (Å²) in [5.41, 5.74) is 5.36. The third kappa shape index (κ3) is 4.10. The van der Waals surface area contributed by atoms with Crippen molar-refractivity contribution in [2.45, 2.75) is 44.7 Å². The molecule has 0 fully saturated rings. The summed E-state index contributed by atoms with van der Waals surface area (Å²) in [5.74, 6) is -0.329. The number of benzene rings is 1. The number of aliphatic hydroxyl groups excluding tert-OH is 1. The zero-order chi connectivity index (χ0) is 21.0. The summed E-state index contributed by atoms with van der Waals surface area (Å²) >= 11 is 0. The maximum Gasteiger partial charge on any atom is 0.161 e. The van der Waals surface area contributed by atoms with Crippen LogP contribution in [0.15, 0.2) is 48.8 Å². The molecule has 4 atom stereocenters. The molecule has 0 aliphatic rings. The van der Waals surface area contributed by atoms with Gasteiger partial charge in [0.15, 0.2) is 11.4 Å². The summed E-state index contributed by atoms with van der Waals surface area (Å²) < 4.78 is 21.8. The molecule has 1 aromatic carbocycles. The molecule has 3 rings (SSSR count). The molecule has 2 heterocycles. The molecule has 1 unspecified atom stereocenters. The number of nitrogens with zero attached hydrogens (tertiary/aromatic N) is 3. The molecule has 0 amide bonds. The second-order valence-electron chi connectivity index (χ2n) is 7.27. The quantitative estimate of drug-likeness (QED) is 0.508. The van der Waals surface area contributed by atoms with Crippen LogP contribution in [0.4, 0.5) is 10.2 Å². The van der Waals surface area contributed by atoms with Gasteiger partial charge in [-0.3, -0.25) is 0 Å². The molecule has 4 N–H and O–H groups in total. The number of hydrogen-bond acceptors (Lipinski definition) is 6. The van der Waals surface area contributed by atoms with Gasteiger partial charge < -0.3 is 20.7 Å². The van der Waals surface area contributed by atoms with E-state index in [1.807, 2.05) is 37.3 Å². The number of aromatic nitrogens is 3. The summed E-state index contributed by atoms with van der Waals surface area (Å²) in [6.45, 7) is 2.60. The van der Waals surface area contributed by atoms with Crippen LogP contribution < -0.4 is 5.73 Å². The van der Waals surface area contributed by atoms with Crippen molar-refractivity contribution >= 4 is 11.3 Å². The first-order valence-corrected chi connectivity index (χ1v) is 9.63. The van der Waals surface area contributed by atoms with Crippen LogP contribution in [0.3, 0.4) is 0 Å². The van der Waals surface area contributed by atoms with Crippen molar-refractivity contribution < 1.29 is 19.3 Å². The Morgan fingerprint density at radius 1 is 1.24 bits per heavy atom. The summed E-state index contributed by atoms with van der Waals surface area (Å²) in [6, 6.07) is 12.6. The van der Waals surface area contributed by atoms with E-state index in [0.717, 1.165) is 5.56 Å². The second-order valence-corrected chi connectivity index (χ2v) is 7.27. The van der Waals surface area contributed by atoms with Crippen molar-refractivity contribution in [3.8, 4) is 0 Å². The van der Waals surface area contributed by atoms with Gasteiger partial charge in [-0.2, -0.15) is 5.10 Å². The fraction of sp³-hybridized carbons (Fsp3) is 0.429. The van der Waals surface area contributed by atoms with Crippen molar-refractivity contribution in [3.63, 3.8) is 0 Å². The van der Waals surface area contributed by atoms with Crippen LogP contribution in [0, 0.1) is 5.92 Å². The number of fused-ring (bicyclic) bond motifs is 1. The van der Waals surface area contributed by atoms with E-state index >= 15 is 0 Å². The smallest absolute Gasteiger partial charge is 0.161 e. The van der Waals surface area contributed by atoms with Gasteiger partial charge in [0, 0.05) is 5.92 Å². The number of nitrogens with two attached hydrogens (primary N) is 1. The van der Waals surface area contributed by atoms with Crippen LogP contribution in [-0.2, 0) is 16.9 Å². The number of hydrogen-bond donors (Lipinski definition) is 3. The van der Waals surface area contributed by atoms with Gasteiger partial charge in [0.05, 0.1) is 24.5 Å². The van der Waals surface area contributed by atoms with Crippen molar-refractivity contribution in [1.29, 1.82) is 0 Å². The average Bonchev–Trinajstić information content (AvgIpc) is 3.19. The van der Waals surface area contributed by atoms with Crippen molar-refractivity contribution in [3.05, 3.63) is 60.0 Å².